The fraction of sp³-hybridized carbons (Fsp3) is 0.625. The Balaban J connectivity index is 2.00. The number of hydrogen-bond donors (Lipinski definition) is 1. The predicted molar refractivity (Wildman–Crippen MR) is 81.9 cm³/mol. The second kappa shape index (κ2) is 6.72. The molecule has 1 N–H and O–H groups in total. The van der Waals surface area contributed by atoms with Crippen LogP contribution in [0.15, 0.2) is 28.7 Å². The Bertz CT molecular complexity index is 371. The quantitative estimate of drug-likeness (QED) is 0.811. The van der Waals surface area contributed by atoms with Gasteiger partial charge in [0.15, 0.2) is 0 Å². The molecule has 2 heteroatoms. The zero-order valence-corrected chi connectivity index (χ0v) is 13.0. The number of nitrogens with one attached hydrogen (secondary N) is 1. The van der Waals surface area contributed by atoms with Gasteiger partial charge in [-0.2, -0.15) is 0 Å². The molecule has 0 saturated heterocycles. The van der Waals surface area contributed by atoms with Gasteiger partial charge < -0.3 is 5.32 Å². The van der Waals surface area contributed by atoms with E-state index in [1.54, 1.807) is 0 Å². The highest BCUT2D eigenvalue weighted by molar-refractivity contribution is 9.10. The van der Waals surface area contributed by atoms with Crippen LogP contribution in [0.3, 0.4) is 0 Å². The number of hydrogen-bond acceptors (Lipinski definition) is 1. The molecule has 0 amide bonds. The topological polar surface area (TPSA) is 12.0 Å². The van der Waals surface area contributed by atoms with Crippen molar-refractivity contribution in [1.29, 1.82) is 0 Å². The molecule has 1 nitrogen and oxygen atoms in total. The molecule has 1 aliphatic carbocycles. The maximum Gasteiger partial charge on any atom is 0.0178 e. The fourth-order valence-electron chi connectivity index (χ4n) is 2.66. The average Bonchev–Trinajstić information content (AvgIpc) is 2.24. The first-order valence-electron chi connectivity index (χ1n) is 7.13. The lowest BCUT2D eigenvalue weighted by Crippen LogP contribution is -2.32. The Morgan fingerprint density at radius 2 is 2.06 bits per heavy atom. The molecule has 100 valence electrons. The van der Waals surface area contributed by atoms with Crippen molar-refractivity contribution in [2.75, 3.05) is 13.1 Å². The van der Waals surface area contributed by atoms with Crippen LogP contribution in [-0.2, 0) is 0 Å². The molecule has 1 atom stereocenters. The molecular weight excluding hydrogens is 286 g/mol. The summed E-state index contributed by atoms with van der Waals surface area (Å²) < 4.78 is 1.20. The summed E-state index contributed by atoms with van der Waals surface area (Å²) in [6.07, 6.45) is 4.22. The van der Waals surface area contributed by atoms with Crippen LogP contribution in [0.25, 0.3) is 0 Å². The van der Waals surface area contributed by atoms with Gasteiger partial charge in [-0.05, 0) is 54.8 Å². The summed E-state index contributed by atoms with van der Waals surface area (Å²) in [6.45, 7) is 6.78. The van der Waals surface area contributed by atoms with E-state index in [0.29, 0.717) is 5.92 Å². The van der Waals surface area contributed by atoms with Gasteiger partial charge in [-0.3, -0.25) is 0 Å². The monoisotopic (exact) mass is 309 g/mol. The SMILES string of the molecule is CC(C)CNCC(c1cccc(Br)c1)C1CCC1. The summed E-state index contributed by atoms with van der Waals surface area (Å²) in [5, 5.41) is 3.64. The third-order valence-electron chi connectivity index (χ3n) is 3.91. The van der Waals surface area contributed by atoms with E-state index < -0.39 is 0 Å². The van der Waals surface area contributed by atoms with E-state index in [2.05, 4.69) is 59.4 Å². The largest absolute Gasteiger partial charge is 0.316 e. The van der Waals surface area contributed by atoms with Crippen LogP contribution in [0.5, 0.6) is 0 Å². The molecule has 1 fully saturated rings. The van der Waals surface area contributed by atoms with Gasteiger partial charge in [0.1, 0.15) is 0 Å². The van der Waals surface area contributed by atoms with Crippen LogP contribution in [0.4, 0.5) is 0 Å². The normalized spacial score (nSPS) is 17.8. The molecule has 0 aliphatic heterocycles. The van der Waals surface area contributed by atoms with Gasteiger partial charge in [0, 0.05) is 11.0 Å². The van der Waals surface area contributed by atoms with E-state index in [0.717, 1.165) is 24.9 Å². The summed E-state index contributed by atoms with van der Waals surface area (Å²) >= 11 is 3.59. The summed E-state index contributed by atoms with van der Waals surface area (Å²) in [6, 6.07) is 8.85. The molecule has 0 heterocycles. The zero-order valence-electron chi connectivity index (χ0n) is 11.5. The van der Waals surface area contributed by atoms with Crippen molar-refractivity contribution < 1.29 is 0 Å². The Morgan fingerprint density at radius 1 is 1.28 bits per heavy atom. The second-order valence-corrected chi connectivity index (χ2v) is 6.82. The van der Waals surface area contributed by atoms with Gasteiger partial charge >= 0.3 is 0 Å². The minimum atomic E-state index is 0.690. The minimum Gasteiger partial charge on any atom is -0.316 e. The standard InChI is InChI=1S/C16H24BrN/c1-12(2)10-18-11-16(13-5-3-6-13)14-7-4-8-15(17)9-14/h4,7-9,12-13,16,18H,3,5-6,10-11H2,1-2H3. The van der Waals surface area contributed by atoms with E-state index in [4.69, 9.17) is 0 Å². The molecular formula is C16H24BrN. The zero-order chi connectivity index (χ0) is 13.0. The second-order valence-electron chi connectivity index (χ2n) is 5.90. The summed E-state index contributed by atoms with van der Waals surface area (Å²) in [5.74, 6) is 2.31. The van der Waals surface area contributed by atoms with Crippen molar-refractivity contribution in [1.82, 2.24) is 5.32 Å². The van der Waals surface area contributed by atoms with Crippen molar-refractivity contribution in [2.24, 2.45) is 11.8 Å². The minimum absolute atomic E-state index is 0.690. The fourth-order valence-corrected chi connectivity index (χ4v) is 3.08. The van der Waals surface area contributed by atoms with Crippen molar-refractivity contribution in [2.45, 2.75) is 39.0 Å². The maximum atomic E-state index is 3.64. The lowest BCUT2D eigenvalue weighted by molar-refractivity contribution is 0.253. The van der Waals surface area contributed by atoms with E-state index in [1.807, 2.05) is 0 Å². The first kappa shape index (κ1) is 14.1. The molecule has 1 unspecified atom stereocenters. The maximum absolute atomic E-state index is 3.64. The van der Waals surface area contributed by atoms with Crippen LogP contribution in [0.1, 0.15) is 44.6 Å². The summed E-state index contributed by atoms with van der Waals surface area (Å²) in [7, 11) is 0. The molecule has 0 spiro atoms. The first-order chi connectivity index (χ1) is 8.66. The lowest BCUT2D eigenvalue weighted by Gasteiger charge is -2.34. The molecule has 0 bridgehead atoms. The predicted octanol–water partition coefficient (Wildman–Crippen LogP) is 4.58. The van der Waals surface area contributed by atoms with Gasteiger partial charge in [0.05, 0.1) is 0 Å². The van der Waals surface area contributed by atoms with Crippen molar-refractivity contribution in [3.05, 3.63) is 34.3 Å². The van der Waals surface area contributed by atoms with E-state index >= 15 is 0 Å². The highest BCUT2D eigenvalue weighted by Crippen LogP contribution is 2.39. The van der Waals surface area contributed by atoms with Gasteiger partial charge in [-0.15, -0.1) is 0 Å². The Labute approximate surface area is 119 Å². The molecule has 1 saturated carbocycles. The number of rotatable bonds is 6. The Kier molecular flexibility index (Phi) is 5.25. The molecule has 1 aromatic rings. The number of halogens is 1. The van der Waals surface area contributed by atoms with E-state index in [9.17, 15) is 0 Å². The van der Waals surface area contributed by atoms with Crippen molar-refractivity contribution >= 4 is 15.9 Å². The Morgan fingerprint density at radius 3 is 2.61 bits per heavy atom. The Hall–Kier alpha value is -0.340. The van der Waals surface area contributed by atoms with E-state index in [-0.39, 0.29) is 0 Å². The smallest absolute Gasteiger partial charge is 0.0178 e. The molecule has 0 aromatic heterocycles. The van der Waals surface area contributed by atoms with Gasteiger partial charge in [-0.1, -0.05) is 48.3 Å². The molecule has 1 aliphatic rings. The van der Waals surface area contributed by atoms with Crippen LogP contribution in [0, 0.1) is 11.8 Å². The first-order valence-corrected chi connectivity index (χ1v) is 7.92. The number of benzene rings is 1. The third kappa shape index (κ3) is 3.83. The highest BCUT2D eigenvalue weighted by atomic mass is 79.9. The van der Waals surface area contributed by atoms with Crippen molar-refractivity contribution in [3.63, 3.8) is 0 Å². The summed E-state index contributed by atoms with van der Waals surface area (Å²) in [5.41, 5.74) is 1.49. The van der Waals surface area contributed by atoms with Gasteiger partial charge in [0.25, 0.3) is 0 Å². The van der Waals surface area contributed by atoms with Crippen LogP contribution < -0.4 is 5.32 Å². The van der Waals surface area contributed by atoms with Crippen molar-refractivity contribution in [3.8, 4) is 0 Å². The third-order valence-corrected chi connectivity index (χ3v) is 4.41. The van der Waals surface area contributed by atoms with Gasteiger partial charge in [-0.25, -0.2) is 0 Å². The molecule has 18 heavy (non-hydrogen) atoms. The van der Waals surface area contributed by atoms with Crippen LogP contribution in [0.2, 0.25) is 0 Å². The van der Waals surface area contributed by atoms with E-state index in [1.165, 1.54) is 29.3 Å². The average molecular weight is 310 g/mol. The van der Waals surface area contributed by atoms with Crippen LogP contribution in [-0.4, -0.2) is 13.1 Å². The molecule has 2 rings (SSSR count). The lowest BCUT2D eigenvalue weighted by atomic mass is 9.73. The molecule has 0 radical (unpaired) electrons. The summed E-state index contributed by atoms with van der Waals surface area (Å²) in [4.78, 5) is 0. The van der Waals surface area contributed by atoms with Crippen LogP contribution >= 0.6 is 15.9 Å². The highest BCUT2D eigenvalue weighted by Gasteiger charge is 2.28. The molecule has 1 aromatic carbocycles. The van der Waals surface area contributed by atoms with Gasteiger partial charge in [0.2, 0.25) is 0 Å².